The molecule has 110 valence electrons. The molecule has 1 aliphatic heterocycles. The smallest absolute Gasteiger partial charge is 0.291 e. The van der Waals surface area contributed by atoms with Crippen LogP contribution in [0.1, 0.15) is 24.8 Å². The zero-order valence-electron chi connectivity index (χ0n) is 11.5. The van der Waals surface area contributed by atoms with Crippen LogP contribution in [0.5, 0.6) is 0 Å². The van der Waals surface area contributed by atoms with Crippen molar-refractivity contribution in [1.82, 2.24) is 4.98 Å². The number of hydrogen-bond donors (Lipinski definition) is 1. The summed E-state index contributed by atoms with van der Waals surface area (Å²) in [6, 6.07) is 0. The first kappa shape index (κ1) is 15.2. The zero-order chi connectivity index (χ0) is 14.7. The Morgan fingerprint density at radius 2 is 2.20 bits per heavy atom. The lowest BCUT2D eigenvalue weighted by Crippen LogP contribution is -2.35. The van der Waals surface area contributed by atoms with Gasteiger partial charge in [0.25, 0.3) is 5.69 Å². The van der Waals surface area contributed by atoms with E-state index in [1.165, 1.54) is 6.20 Å². The van der Waals surface area contributed by atoms with Crippen molar-refractivity contribution < 1.29 is 4.92 Å². The minimum absolute atomic E-state index is 0.0543. The molecular formula is C13H19BrN4O2. The van der Waals surface area contributed by atoms with E-state index in [-0.39, 0.29) is 5.69 Å². The molecule has 2 rings (SSSR count). The van der Waals surface area contributed by atoms with Crippen molar-refractivity contribution in [2.45, 2.75) is 26.2 Å². The lowest BCUT2D eigenvalue weighted by atomic mass is 9.93. The molecule has 6 nitrogen and oxygen atoms in total. The summed E-state index contributed by atoms with van der Waals surface area (Å²) in [6.45, 7) is 4.33. The van der Waals surface area contributed by atoms with Crippen LogP contribution in [0, 0.1) is 23.0 Å². The minimum atomic E-state index is -0.398. The molecule has 0 saturated carbocycles. The molecule has 2 heterocycles. The molecule has 1 saturated heterocycles. The van der Waals surface area contributed by atoms with Crippen LogP contribution in [-0.2, 0) is 0 Å². The van der Waals surface area contributed by atoms with E-state index in [1.807, 2.05) is 0 Å². The van der Waals surface area contributed by atoms with E-state index in [0.29, 0.717) is 11.5 Å². The third kappa shape index (κ3) is 3.09. The van der Waals surface area contributed by atoms with Crippen molar-refractivity contribution in [1.29, 1.82) is 0 Å². The highest BCUT2D eigenvalue weighted by Crippen LogP contribution is 2.34. The Balaban J connectivity index is 2.15. The fraction of sp³-hybridized carbons (Fsp3) is 0.615. The summed E-state index contributed by atoms with van der Waals surface area (Å²) in [4.78, 5) is 17.0. The van der Waals surface area contributed by atoms with Gasteiger partial charge in [0.1, 0.15) is 12.0 Å². The Kier molecular flexibility index (Phi) is 4.93. The van der Waals surface area contributed by atoms with Crippen molar-refractivity contribution in [2.24, 2.45) is 11.7 Å². The molecule has 1 aromatic heterocycles. The summed E-state index contributed by atoms with van der Waals surface area (Å²) in [5, 5.41) is 10.9. The predicted molar refractivity (Wildman–Crippen MR) is 81.9 cm³/mol. The van der Waals surface area contributed by atoms with E-state index < -0.39 is 4.92 Å². The van der Waals surface area contributed by atoms with E-state index in [4.69, 9.17) is 5.73 Å². The Morgan fingerprint density at radius 1 is 1.55 bits per heavy atom. The molecule has 7 heteroatoms. The van der Waals surface area contributed by atoms with Gasteiger partial charge in [0.15, 0.2) is 0 Å². The molecule has 0 atom stereocenters. The average Bonchev–Trinajstić information content (AvgIpc) is 2.43. The highest BCUT2D eigenvalue weighted by Gasteiger charge is 2.24. The number of rotatable bonds is 4. The lowest BCUT2D eigenvalue weighted by molar-refractivity contribution is -0.385. The Morgan fingerprint density at radius 3 is 2.75 bits per heavy atom. The highest BCUT2D eigenvalue weighted by atomic mass is 79.9. The SMILES string of the molecule is Cc1c([N+](=O)[O-])cnc(N2CCC(CCN)CC2)c1Br. The minimum Gasteiger partial charge on any atom is -0.356 e. The summed E-state index contributed by atoms with van der Waals surface area (Å²) in [6.07, 6.45) is 4.62. The summed E-state index contributed by atoms with van der Waals surface area (Å²) in [5.41, 5.74) is 6.28. The maximum Gasteiger partial charge on any atom is 0.291 e. The first-order chi connectivity index (χ1) is 9.54. The maximum atomic E-state index is 10.9. The number of pyridine rings is 1. The fourth-order valence-corrected chi connectivity index (χ4v) is 3.19. The van der Waals surface area contributed by atoms with Crippen molar-refractivity contribution in [3.8, 4) is 0 Å². The quantitative estimate of drug-likeness (QED) is 0.671. The summed E-state index contributed by atoms with van der Waals surface area (Å²) in [5.74, 6) is 1.49. The van der Waals surface area contributed by atoms with E-state index >= 15 is 0 Å². The van der Waals surface area contributed by atoms with Gasteiger partial charge < -0.3 is 10.6 Å². The Bertz CT molecular complexity index is 501. The van der Waals surface area contributed by atoms with Gasteiger partial charge in [-0.15, -0.1) is 0 Å². The number of hydrogen-bond acceptors (Lipinski definition) is 5. The third-order valence-corrected chi connectivity index (χ3v) is 4.85. The molecule has 0 amide bonds. The van der Waals surface area contributed by atoms with Gasteiger partial charge in [-0.25, -0.2) is 4.98 Å². The molecule has 0 aromatic carbocycles. The first-order valence-electron chi connectivity index (χ1n) is 6.79. The maximum absolute atomic E-state index is 10.9. The fourth-order valence-electron chi connectivity index (χ4n) is 2.63. The number of piperidine rings is 1. The van der Waals surface area contributed by atoms with Crippen LogP contribution in [0.2, 0.25) is 0 Å². The number of nitrogens with zero attached hydrogens (tertiary/aromatic N) is 3. The standard InChI is InChI=1S/C13H19BrN4O2/c1-9-11(18(19)20)8-16-13(12(9)14)17-6-3-10(2-5-15)4-7-17/h8,10H,2-7,15H2,1H3. The van der Waals surface area contributed by atoms with Crippen molar-refractivity contribution in [3.05, 3.63) is 26.3 Å². The summed E-state index contributed by atoms with van der Waals surface area (Å²) < 4.78 is 0.726. The Hall–Kier alpha value is -1.21. The predicted octanol–water partition coefficient (Wildman–Crippen LogP) is 2.63. The first-order valence-corrected chi connectivity index (χ1v) is 7.58. The van der Waals surface area contributed by atoms with E-state index in [9.17, 15) is 10.1 Å². The van der Waals surface area contributed by atoms with Crippen LogP contribution >= 0.6 is 15.9 Å². The normalized spacial score (nSPS) is 16.4. The molecule has 0 spiro atoms. The van der Waals surface area contributed by atoms with Crippen molar-refractivity contribution in [3.63, 3.8) is 0 Å². The van der Waals surface area contributed by atoms with Gasteiger partial charge in [-0.2, -0.15) is 0 Å². The van der Waals surface area contributed by atoms with Gasteiger partial charge in [0, 0.05) is 18.7 Å². The third-order valence-electron chi connectivity index (χ3n) is 3.90. The molecular weight excluding hydrogens is 324 g/mol. The number of aromatic nitrogens is 1. The van der Waals surface area contributed by atoms with Gasteiger partial charge in [0.2, 0.25) is 0 Å². The van der Waals surface area contributed by atoms with Crippen LogP contribution in [0.15, 0.2) is 10.7 Å². The van der Waals surface area contributed by atoms with Gasteiger partial charge in [0.05, 0.1) is 9.40 Å². The zero-order valence-corrected chi connectivity index (χ0v) is 13.1. The monoisotopic (exact) mass is 342 g/mol. The average molecular weight is 343 g/mol. The lowest BCUT2D eigenvalue weighted by Gasteiger charge is -2.33. The summed E-state index contributed by atoms with van der Waals surface area (Å²) in [7, 11) is 0. The highest BCUT2D eigenvalue weighted by molar-refractivity contribution is 9.10. The van der Waals surface area contributed by atoms with E-state index in [1.54, 1.807) is 6.92 Å². The van der Waals surface area contributed by atoms with Gasteiger partial charge in [-0.05, 0) is 54.6 Å². The second-order valence-corrected chi connectivity index (χ2v) is 5.96. The molecule has 2 N–H and O–H groups in total. The second-order valence-electron chi connectivity index (χ2n) is 5.17. The van der Waals surface area contributed by atoms with E-state index in [2.05, 4.69) is 25.8 Å². The number of nitro groups is 1. The topological polar surface area (TPSA) is 85.3 Å². The molecule has 0 unspecified atom stereocenters. The van der Waals surface area contributed by atoms with Gasteiger partial charge in [-0.3, -0.25) is 10.1 Å². The molecule has 1 aliphatic rings. The molecule has 0 radical (unpaired) electrons. The Labute approximate surface area is 126 Å². The van der Waals surface area contributed by atoms with Crippen LogP contribution in [0.25, 0.3) is 0 Å². The molecule has 1 fully saturated rings. The van der Waals surface area contributed by atoms with Crippen LogP contribution in [0.3, 0.4) is 0 Å². The van der Waals surface area contributed by atoms with Gasteiger partial charge in [-0.1, -0.05) is 0 Å². The van der Waals surface area contributed by atoms with Crippen LogP contribution in [-0.4, -0.2) is 29.5 Å². The van der Waals surface area contributed by atoms with Crippen molar-refractivity contribution in [2.75, 3.05) is 24.5 Å². The number of halogens is 1. The molecule has 0 aliphatic carbocycles. The van der Waals surface area contributed by atoms with Crippen LogP contribution in [0.4, 0.5) is 11.5 Å². The second kappa shape index (κ2) is 6.49. The van der Waals surface area contributed by atoms with E-state index in [0.717, 1.165) is 49.2 Å². The molecule has 20 heavy (non-hydrogen) atoms. The molecule has 0 bridgehead atoms. The largest absolute Gasteiger partial charge is 0.356 e. The molecule has 1 aromatic rings. The van der Waals surface area contributed by atoms with Gasteiger partial charge >= 0.3 is 0 Å². The van der Waals surface area contributed by atoms with Crippen LogP contribution < -0.4 is 10.6 Å². The summed E-state index contributed by atoms with van der Waals surface area (Å²) >= 11 is 3.45. The number of anilines is 1. The van der Waals surface area contributed by atoms with Crippen molar-refractivity contribution >= 4 is 27.4 Å². The number of nitrogens with two attached hydrogens (primary N) is 1.